The summed E-state index contributed by atoms with van der Waals surface area (Å²) in [4.78, 5) is 0. The van der Waals surface area contributed by atoms with Crippen LogP contribution in [-0.4, -0.2) is 5.33 Å². The fourth-order valence-corrected chi connectivity index (χ4v) is 1.89. The van der Waals surface area contributed by atoms with E-state index < -0.39 is 0 Å². The molecule has 0 amide bonds. The van der Waals surface area contributed by atoms with E-state index in [0.717, 1.165) is 18.2 Å². The molecule has 0 fully saturated rings. The number of alkyl halides is 1. The van der Waals surface area contributed by atoms with Gasteiger partial charge in [-0.2, -0.15) is 0 Å². The Hall–Kier alpha value is -0.560. The van der Waals surface area contributed by atoms with Crippen LogP contribution >= 0.6 is 15.9 Å². The predicted molar refractivity (Wildman–Crippen MR) is 71.8 cm³/mol. The molecular formula is C14H19Br. The van der Waals surface area contributed by atoms with Crippen LogP contribution in [0.4, 0.5) is 0 Å². The maximum Gasteiger partial charge on any atom is 0.00660 e. The van der Waals surface area contributed by atoms with Gasteiger partial charge in [0.25, 0.3) is 0 Å². The molecule has 0 nitrogen and oxygen atoms in total. The van der Waals surface area contributed by atoms with Gasteiger partial charge in [0.2, 0.25) is 0 Å². The third-order valence-corrected chi connectivity index (χ3v) is 3.03. The van der Waals surface area contributed by atoms with E-state index in [1.54, 1.807) is 0 Å². The topological polar surface area (TPSA) is 0 Å². The molecule has 0 heterocycles. The summed E-state index contributed by atoms with van der Waals surface area (Å²) in [7, 11) is 0. The van der Waals surface area contributed by atoms with Crippen LogP contribution in [0.5, 0.6) is 0 Å². The van der Waals surface area contributed by atoms with Crippen molar-refractivity contribution in [2.45, 2.75) is 33.6 Å². The Bertz CT molecular complexity index is 350. The van der Waals surface area contributed by atoms with Crippen LogP contribution in [0.1, 0.15) is 30.0 Å². The van der Waals surface area contributed by atoms with Crippen LogP contribution in [0, 0.1) is 13.8 Å². The Morgan fingerprint density at radius 2 is 2.07 bits per heavy atom. The monoisotopic (exact) mass is 266 g/mol. The fraction of sp³-hybridized carbons (Fsp3) is 0.429. The molecule has 0 unspecified atom stereocenters. The van der Waals surface area contributed by atoms with Crippen LogP contribution in [-0.2, 0) is 6.42 Å². The van der Waals surface area contributed by atoms with E-state index in [1.807, 2.05) is 0 Å². The molecule has 0 N–H and O–H groups in total. The van der Waals surface area contributed by atoms with Crippen LogP contribution < -0.4 is 0 Å². The number of aryl methyl sites for hydroxylation is 2. The predicted octanol–water partition coefficient (Wildman–Crippen LogP) is 4.58. The highest BCUT2D eigenvalue weighted by molar-refractivity contribution is 9.09. The average molecular weight is 267 g/mol. The summed E-state index contributed by atoms with van der Waals surface area (Å²) in [6, 6.07) is 6.68. The molecule has 0 aliphatic rings. The molecule has 15 heavy (non-hydrogen) atoms. The Kier molecular flexibility index (Phi) is 5.10. The van der Waals surface area contributed by atoms with Gasteiger partial charge in [-0.05, 0) is 44.7 Å². The first-order chi connectivity index (χ1) is 7.13. The van der Waals surface area contributed by atoms with Gasteiger partial charge in [-0.15, -0.1) is 0 Å². The molecule has 1 rings (SSSR count). The molecule has 0 radical (unpaired) electrons. The van der Waals surface area contributed by atoms with Crippen LogP contribution in [0.25, 0.3) is 0 Å². The first-order valence-electron chi connectivity index (χ1n) is 5.41. The van der Waals surface area contributed by atoms with Crippen molar-refractivity contribution >= 4 is 15.9 Å². The summed E-state index contributed by atoms with van der Waals surface area (Å²) in [5.41, 5.74) is 5.66. The summed E-state index contributed by atoms with van der Waals surface area (Å²) >= 11 is 3.44. The maximum atomic E-state index is 3.44. The lowest BCUT2D eigenvalue weighted by Crippen LogP contribution is -1.92. The fourth-order valence-electron chi connectivity index (χ4n) is 1.66. The number of rotatable bonds is 4. The first kappa shape index (κ1) is 12.5. The zero-order valence-corrected chi connectivity index (χ0v) is 11.4. The molecule has 0 aliphatic carbocycles. The van der Waals surface area contributed by atoms with Crippen molar-refractivity contribution in [2.24, 2.45) is 0 Å². The highest BCUT2D eigenvalue weighted by Crippen LogP contribution is 2.15. The third-order valence-electron chi connectivity index (χ3n) is 2.58. The number of hydrogen-bond donors (Lipinski definition) is 0. The van der Waals surface area contributed by atoms with Crippen LogP contribution in [0.15, 0.2) is 29.8 Å². The zero-order valence-electron chi connectivity index (χ0n) is 9.81. The molecule has 0 saturated heterocycles. The number of allylic oxidation sites excluding steroid dienone is 2. The lowest BCUT2D eigenvalue weighted by Gasteiger charge is -2.07. The van der Waals surface area contributed by atoms with E-state index in [4.69, 9.17) is 0 Å². The van der Waals surface area contributed by atoms with Gasteiger partial charge in [-0.1, -0.05) is 51.3 Å². The van der Waals surface area contributed by atoms with Crippen molar-refractivity contribution in [1.29, 1.82) is 0 Å². The first-order valence-corrected chi connectivity index (χ1v) is 6.53. The van der Waals surface area contributed by atoms with Gasteiger partial charge in [0.05, 0.1) is 0 Å². The zero-order chi connectivity index (χ0) is 11.3. The second-order valence-electron chi connectivity index (χ2n) is 4.13. The van der Waals surface area contributed by atoms with Gasteiger partial charge in [-0.3, -0.25) is 0 Å². The molecule has 1 aromatic carbocycles. The van der Waals surface area contributed by atoms with E-state index in [2.05, 4.69) is 61.0 Å². The standard InChI is InChI=1S/C14H19Br/c1-11(5-4-8-15)9-14-10-12(2)6-7-13(14)3/h5-7,10H,4,8-9H2,1-3H3. The second-order valence-corrected chi connectivity index (χ2v) is 4.93. The molecule has 1 aromatic rings. The molecule has 0 aromatic heterocycles. The van der Waals surface area contributed by atoms with Crippen molar-refractivity contribution < 1.29 is 0 Å². The van der Waals surface area contributed by atoms with Crippen molar-refractivity contribution in [1.82, 2.24) is 0 Å². The highest BCUT2D eigenvalue weighted by Gasteiger charge is 1.99. The SMILES string of the molecule is CC(=CCCBr)Cc1cc(C)ccc1C. The van der Waals surface area contributed by atoms with Crippen molar-refractivity contribution in [3.63, 3.8) is 0 Å². The maximum absolute atomic E-state index is 3.44. The second kappa shape index (κ2) is 6.12. The normalized spacial score (nSPS) is 11.9. The van der Waals surface area contributed by atoms with E-state index in [0.29, 0.717) is 0 Å². The van der Waals surface area contributed by atoms with Gasteiger partial charge >= 0.3 is 0 Å². The summed E-state index contributed by atoms with van der Waals surface area (Å²) in [6.45, 7) is 6.55. The van der Waals surface area contributed by atoms with Crippen LogP contribution in [0.2, 0.25) is 0 Å². The molecule has 0 aliphatic heterocycles. The number of hydrogen-bond acceptors (Lipinski definition) is 0. The molecule has 0 atom stereocenters. The van der Waals surface area contributed by atoms with E-state index in [1.165, 1.54) is 22.3 Å². The Morgan fingerprint density at radius 3 is 2.73 bits per heavy atom. The summed E-state index contributed by atoms with van der Waals surface area (Å²) in [5.74, 6) is 0. The summed E-state index contributed by atoms with van der Waals surface area (Å²) in [5, 5.41) is 1.05. The van der Waals surface area contributed by atoms with Crippen molar-refractivity contribution in [2.75, 3.05) is 5.33 Å². The molecule has 82 valence electrons. The van der Waals surface area contributed by atoms with E-state index >= 15 is 0 Å². The Balaban J connectivity index is 2.75. The Labute approximate surface area is 102 Å². The van der Waals surface area contributed by atoms with Gasteiger partial charge in [0, 0.05) is 5.33 Å². The molecule has 0 saturated carbocycles. The average Bonchev–Trinajstić information content (AvgIpc) is 2.20. The van der Waals surface area contributed by atoms with Gasteiger partial charge in [-0.25, -0.2) is 0 Å². The smallest absolute Gasteiger partial charge is 0.00660 e. The quantitative estimate of drug-likeness (QED) is 0.553. The summed E-state index contributed by atoms with van der Waals surface area (Å²) in [6.07, 6.45) is 4.52. The minimum atomic E-state index is 1.05. The van der Waals surface area contributed by atoms with Gasteiger partial charge in [0.1, 0.15) is 0 Å². The number of benzene rings is 1. The van der Waals surface area contributed by atoms with Gasteiger partial charge in [0.15, 0.2) is 0 Å². The van der Waals surface area contributed by atoms with E-state index in [9.17, 15) is 0 Å². The van der Waals surface area contributed by atoms with Gasteiger partial charge < -0.3 is 0 Å². The minimum Gasteiger partial charge on any atom is -0.0925 e. The molecule has 0 spiro atoms. The Morgan fingerprint density at radius 1 is 1.33 bits per heavy atom. The molecule has 0 bridgehead atoms. The molecular weight excluding hydrogens is 248 g/mol. The largest absolute Gasteiger partial charge is 0.0925 e. The van der Waals surface area contributed by atoms with Crippen LogP contribution in [0.3, 0.4) is 0 Å². The summed E-state index contributed by atoms with van der Waals surface area (Å²) < 4.78 is 0. The third kappa shape index (κ3) is 4.21. The lowest BCUT2D eigenvalue weighted by molar-refractivity contribution is 1.07. The van der Waals surface area contributed by atoms with Crippen molar-refractivity contribution in [3.05, 3.63) is 46.5 Å². The van der Waals surface area contributed by atoms with Crippen molar-refractivity contribution in [3.8, 4) is 0 Å². The van der Waals surface area contributed by atoms with E-state index in [-0.39, 0.29) is 0 Å². The highest BCUT2D eigenvalue weighted by atomic mass is 79.9. The molecule has 1 heteroatoms. The lowest BCUT2D eigenvalue weighted by atomic mass is 9.99. The minimum absolute atomic E-state index is 1.05. The number of halogens is 1.